The Hall–Kier alpha value is -2.67. The van der Waals surface area contributed by atoms with Crippen LogP contribution >= 0.6 is 11.3 Å². The molecule has 0 aliphatic rings. The second kappa shape index (κ2) is 7.70. The fraction of sp³-hybridized carbons (Fsp3) is 0.316. The number of nitrogens with one attached hydrogen (secondary N) is 1. The van der Waals surface area contributed by atoms with Gasteiger partial charge in [0.2, 0.25) is 0 Å². The molecule has 0 saturated heterocycles. The summed E-state index contributed by atoms with van der Waals surface area (Å²) in [6, 6.07) is 6.76. The average Bonchev–Trinajstić information content (AvgIpc) is 3.03. The van der Waals surface area contributed by atoms with Crippen molar-refractivity contribution in [3.8, 4) is 5.75 Å². The van der Waals surface area contributed by atoms with Gasteiger partial charge in [-0.05, 0) is 38.0 Å². The minimum absolute atomic E-state index is 0.235. The fourth-order valence-corrected chi connectivity index (χ4v) is 3.34. The summed E-state index contributed by atoms with van der Waals surface area (Å²) in [7, 11) is 0. The van der Waals surface area contributed by atoms with Crippen molar-refractivity contribution < 1.29 is 13.9 Å². The summed E-state index contributed by atoms with van der Waals surface area (Å²) in [6.07, 6.45) is 0.0479. The van der Waals surface area contributed by atoms with Gasteiger partial charge in [-0.15, -0.1) is 11.3 Å². The summed E-state index contributed by atoms with van der Waals surface area (Å²) in [6.45, 7) is 5.94. The third-order valence-corrected chi connectivity index (χ3v) is 4.91. The van der Waals surface area contributed by atoms with Crippen LogP contribution in [0.1, 0.15) is 30.1 Å². The molecule has 26 heavy (non-hydrogen) atoms. The predicted molar refractivity (Wildman–Crippen MR) is 101 cm³/mol. The van der Waals surface area contributed by atoms with Crippen molar-refractivity contribution >= 4 is 28.2 Å². The number of rotatable bonds is 6. The summed E-state index contributed by atoms with van der Waals surface area (Å²) >= 11 is 1.50. The highest BCUT2D eigenvalue weighted by Crippen LogP contribution is 2.23. The molecule has 3 rings (SSSR count). The van der Waals surface area contributed by atoms with Crippen molar-refractivity contribution in [3.63, 3.8) is 0 Å². The molecule has 1 atom stereocenters. The van der Waals surface area contributed by atoms with E-state index in [9.17, 15) is 9.59 Å². The Balaban J connectivity index is 1.69. The average molecular weight is 372 g/mol. The Bertz CT molecular complexity index is 993. The van der Waals surface area contributed by atoms with Crippen molar-refractivity contribution in [2.24, 2.45) is 0 Å². The zero-order chi connectivity index (χ0) is 18.7. The maximum Gasteiger partial charge on any atom is 0.336 e. The zero-order valence-corrected chi connectivity index (χ0v) is 15.7. The van der Waals surface area contributed by atoms with Crippen LogP contribution in [0.3, 0.4) is 0 Å². The van der Waals surface area contributed by atoms with Crippen molar-refractivity contribution in [2.45, 2.75) is 39.8 Å². The van der Waals surface area contributed by atoms with Gasteiger partial charge in [0.05, 0.1) is 6.54 Å². The van der Waals surface area contributed by atoms with Crippen LogP contribution in [0.15, 0.2) is 38.9 Å². The standard InChI is InChI=1S/C19H20N2O4S/c1-4-13-7-18(22)25-16-8-14(5-6-15(13)16)24-12(3)19(23)20-9-17-21-11(2)10-26-17/h5-8,10,12H,4,9H2,1-3H3,(H,20,23). The van der Waals surface area contributed by atoms with E-state index in [0.29, 0.717) is 17.9 Å². The molecule has 1 aromatic carbocycles. The first-order valence-electron chi connectivity index (χ1n) is 8.38. The van der Waals surface area contributed by atoms with Gasteiger partial charge in [-0.2, -0.15) is 0 Å². The Morgan fingerprint density at radius 3 is 2.88 bits per heavy atom. The third kappa shape index (κ3) is 4.11. The first kappa shape index (κ1) is 18.1. The quantitative estimate of drug-likeness (QED) is 0.672. The number of amides is 1. The zero-order valence-electron chi connectivity index (χ0n) is 14.9. The Morgan fingerprint density at radius 2 is 2.19 bits per heavy atom. The van der Waals surface area contributed by atoms with Crippen LogP contribution in [0, 0.1) is 6.92 Å². The monoisotopic (exact) mass is 372 g/mol. The van der Waals surface area contributed by atoms with Crippen LogP contribution in [-0.4, -0.2) is 17.0 Å². The lowest BCUT2D eigenvalue weighted by atomic mass is 10.1. The molecule has 1 unspecified atom stereocenters. The van der Waals surface area contributed by atoms with Gasteiger partial charge in [-0.1, -0.05) is 6.92 Å². The van der Waals surface area contributed by atoms with E-state index in [0.717, 1.165) is 28.1 Å². The molecule has 0 bridgehead atoms. The highest BCUT2D eigenvalue weighted by molar-refractivity contribution is 7.09. The predicted octanol–water partition coefficient (Wildman–Crippen LogP) is 3.20. The van der Waals surface area contributed by atoms with E-state index < -0.39 is 11.7 Å². The number of aryl methyl sites for hydroxylation is 2. The number of hydrogen-bond acceptors (Lipinski definition) is 6. The first-order valence-corrected chi connectivity index (χ1v) is 9.26. The molecule has 2 aromatic heterocycles. The van der Waals surface area contributed by atoms with Crippen molar-refractivity contribution in [2.75, 3.05) is 0 Å². The SMILES string of the molecule is CCc1cc(=O)oc2cc(OC(C)C(=O)NCc3nc(C)cs3)ccc12. The number of benzene rings is 1. The lowest BCUT2D eigenvalue weighted by molar-refractivity contribution is -0.127. The highest BCUT2D eigenvalue weighted by Gasteiger charge is 2.16. The molecule has 0 spiro atoms. The van der Waals surface area contributed by atoms with Crippen LogP contribution in [0.5, 0.6) is 5.75 Å². The fourth-order valence-electron chi connectivity index (χ4n) is 2.62. The third-order valence-electron chi connectivity index (χ3n) is 3.95. The molecule has 1 N–H and O–H groups in total. The van der Waals surface area contributed by atoms with Crippen LogP contribution in [-0.2, 0) is 17.8 Å². The molecule has 136 valence electrons. The number of hydrogen-bond donors (Lipinski definition) is 1. The summed E-state index contributed by atoms with van der Waals surface area (Å²) in [5, 5.41) is 6.47. The maximum atomic E-state index is 12.2. The molecule has 0 fully saturated rings. The van der Waals surface area contributed by atoms with Crippen molar-refractivity contribution in [1.29, 1.82) is 0 Å². The molecule has 7 heteroatoms. The van der Waals surface area contributed by atoms with E-state index in [1.807, 2.05) is 25.3 Å². The second-order valence-corrected chi connectivity index (χ2v) is 6.91. The lowest BCUT2D eigenvalue weighted by Crippen LogP contribution is -2.35. The van der Waals surface area contributed by atoms with Crippen molar-refractivity contribution in [1.82, 2.24) is 10.3 Å². The molecule has 0 aliphatic heterocycles. The smallest absolute Gasteiger partial charge is 0.336 e. The van der Waals surface area contributed by atoms with Gasteiger partial charge in [0.25, 0.3) is 5.91 Å². The number of thiazole rings is 1. The van der Waals surface area contributed by atoms with Crippen LogP contribution in [0.4, 0.5) is 0 Å². The summed E-state index contributed by atoms with van der Waals surface area (Å²) in [5.41, 5.74) is 1.92. The van der Waals surface area contributed by atoms with Gasteiger partial charge < -0.3 is 14.5 Å². The van der Waals surface area contributed by atoms with Crippen LogP contribution in [0.25, 0.3) is 11.0 Å². The van der Waals surface area contributed by atoms with Gasteiger partial charge in [-0.25, -0.2) is 9.78 Å². The van der Waals surface area contributed by atoms with Gasteiger partial charge in [0, 0.05) is 28.6 Å². The number of fused-ring (bicyclic) bond motifs is 1. The minimum Gasteiger partial charge on any atom is -0.481 e. The number of ether oxygens (including phenoxy) is 1. The Morgan fingerprint density at radius 1 is 1.38 bits per heavy atom. The number of carbonyl (C=O) groups excluding carboxylic acids is 1. The second-order valence-electron chi connectivity index (χ2n) is 5.96. The molecular weight excluding hydrogens is 352 g/mol. The molecule has 0 radical (unpaired) electrons. The molecule has 3 aromatic rings. The molecule has 0 aliphatic carbocycles. The highest BCUT2D eigenvalue weighted by atomic mass is 32.1. The number of nitrogens with zero attached hydrogens (tertiary/aromatic N) is 1. The normalized spacial score (nSPS) is 12.1. The van der Waals surface area contributed by atoms with E-state index in [4.69, 9.17) is 9.15 Å². The number of carbonyl (C=O) groups is 1. The van der Waals surface area contributed by atoms with E-state index in [2.05, 4.69) is 10.3 Å². The van der Waals surface area contributed by atoms with Gasteiger partial charge in [-0.3, -0.25) is 4.79 Å². The number of aromatic nitrogens is 1. The lowest BCUT2D eigenvalue weighted by Gasteiger charge is -2.14. The minimum atomic E-state index is -0.686. The first-order chi connectivity index (χ1) is 12.5. The summed E-state index contributed by atoms with van der Waals surface area (Å²) < 4.78 is 11.0. The maximum absolute atomic E-state index is 12.2. The largest absolute Gasteiger partial charge is 0.481 e. The van der Waals surface area contributed by atoms with Gasteiger partial charge in [0.15, 0.2) is 6.10 Å². The van der Waals surface area contributed by atoms with E-state index in [1.54, 1.807) is 19.1 Å². The molecule has 0 saturated carbocycles. The summed E-state index contributed by atoms with van der Waals surface area (Å²) in [5.74, 6) is 0.239. The molecular formula is C19H20N2O4S. The topological polar surface area (TPSA) is 81.4 Å². The van der Waals surface area contributed by atoms with Crippen LogP contribution in [0.2, 0.25) is 0 Å². The van der Waals surface area contributed by atoms with Gasteiger partial charge in [0.1, 0.15) is 16.3 Å². The molecule has 2 heterocycles. The Kier molecular flexibility index (Phi) is 5.37. The summed E-state index contributed by atoms with van der Waals surface area (Å²) in [4.78, 5) is 28.2. The van der Waals surface area contributed by atoms with Gasteiger partial charge >= 0.3 is 5.63 Å². The Labute approximate surface area is 154 Å². The van der Waals surface area contributed by atoms with Crippen molar-refractivity contribution in [3.05, 3.63) is 56.3 Å². The molecule has 6 nitrogen and oxygen atoms in total. The van der Waals surface area contributed by atoms with Crippen LogP contribution < -0.4 is 15.7 Å². The molecule has 1 amide bonds. The van der Waals surface area contributed by atoms with E-state index in [-0.39, 0.29) is 5.91 Å². The van der Waals surface area contributed by atoms with E-state index in [1.165, 1.54) is 17.4 Å². The van der Waals surface area contributed by atoms with E-state index >= 15 is 0 Å².